The SMILES string of the molecule is Cc1cc(C#N)nnc1N1CCc2ncc(N3CCCn4nccc43)cc2C1. The number of rotatable bonds is 2. The van der Waals surface area contributed by atoms with Crippen LogP contribution in [0.3, 0.4) is 0 Å². The summed E-state index contributed by atoms with van der Waals surface area (Å²) < 4.78 is 2.05. The normalized spacial score (nSPS) is 15.7. The number of nitriles is 1. The van der Waals surface area contributed by atoms with Crippen LogP contribution < -0.4 is 9.80 Å². The van der Waals surface area contributed by atoms with Gasteiger partial charge in [0.15, 0.2) is 11.5 Å². The van der Waals surface area contributed by atoms with Crippen LogP contribution in [0.2, 0.25) is 0 Å². The van der Waals surface area contributed by atoms with Gasteiger partial charge >= 0.3 is 0 Å². The minimum absolute atomic E-state index is 0.351. The van der Waals surface area contributed by atoms with Crippen molar-refractivity contribution in [1.82, 2.24) is 25.0 Å². The Morgan fingerprint density at radius 1 is 1.14 bits per heavy atom. The van der Waals surface area contributed by atoms with E-state index in [1.54, 1.807) is 6.07 Å². The van der Waals surface area contributed by atoms with Gasteiger partial charge in [-0.2, -0.15) is 10.4 Å². The maximum Gasteiger partial charge on any atom is 0.163 e. The number of nitrogens with zero attached hydrogens (tertiary/aromatic N) is 8. The van der Waals surface area contributed by atoms with Gasteiger partial charge in [0.1, 0.15) is 11.9 Å². The number of anilines is 3. The number of aromatic nitrogens is 5. The topological polar surface area (TPSA) is 86.8 Å². The third-order valence-corrected chi connectivity index (χ3v) is 5.43. The lowest BCUT2D eigenvalue weighted by Crippen LogP contribution is -2.33. The largest absolute Gasteiger partial charge is 0.350 e. The molecule has 5 heterocycles. The Kier molecular flexibility index (Phi) is 3.93. The first-order chi connectivity index (χ1) is 13.7. The highest BCUT2D eigenvalue weighted by atomic mass is 15.4. The van der Waals surface area contributed by atoms with E-state index in [4.69, 9.17) is 10.2 Å². The predicted octanol–water partition coefficient (Wildman–Crippen LogP) is 2.35. The van der Waals surface area contributed by atoms with E-state index in [-0.39, 0.29) is 0 Å². The van der Waals surface area contributed by atoms with Gasteiger partial charge in [-0.05, 0) is 36.6 Å². The number of pyridine rings is 1. The highest BCUT2D eigenvalue weighted by Gasteiger charge is 2.24. The van der Waals surface area contributed by atoms with Crippen molar-refractivity contribution in [2.45, 2.75) is 32.9 Å². The summed E-state index contributed by atoms with van der Waals surface area (Å²) >= 11 is 0. The smallest absolute Gasteiger partial charge is 0.163 e. The van der Waals surface area contributed by atoms with Gasteiger partial charge in [0.2, 0.25) is 0 Å². The van der Waals surface area contributed by atoms with Crippen molar-refractivity contribution in [2.75, 3.05) is 22.9 Å². The molecule has 140 valence electrons. The quantitative estimate of drug-likeness (QED) is 0.682. The summed E-state index contributed by atoms with van der Waals surface area (Å²) in [6.07, 6.45) is 5.77. The molecule has 0 bridgehead atoms. The molecule has 0 aliphatic carbocycles. The summed E-state index contributed by atoms with van der Waals surface area (Å²) in [5, 5.41) is 21.7. The minimum atomic E-state index is 0.351. The molecule has 3 aromatic rings. The van der Waals surface area contributed by atoms with Gasteiger partial charge in [-0.15, -0.1) is 10.2 Å². The van der Waals surface area contributed by atoms with Crippen molar-refractivity contribution in [2.24, 2.45) is 0 Å². The third kappa shape index (κ3) is 2.76. The molecule has 0 aromatic carbocycles. The maximum absolute atomic E-state index is 9.02. The molecular formula is C20H20N8. The molecule has 0 atom stereocenters. The van der Waals surface area contributed by atoms with Gasteiger partial charge in [0.05, 0.1) is 18.1 Å². The number of hydrogen-bond acceptors (Lipinski definition) is 7. The van der Waals surface area contributed by atoms with E-state index in [1.165, 1.54) is 5.56 Å². The van der Waals surface area contributed by atoms with E-state index in [0.717, 1.165) is 67.6 Å². The van der Waals surface area contributed by atoms with Crippen LogP contribution in [0.1, 0.15) is 28.9 Å². The standard InChI is InChI=1S/C20H20N8/c1-14-9-16(11-21)24-25-20(14)26-8-4-18-15(13-26)10-17(12-22-18)27-6-2-7-28-19(27)3-5-23-28/h3,5,9-10,12H,2,4,6-8,13H2,1H3. The van der Waals surface area contributed by atoms with Crippen molar-refractivity contribution in [1.29, 1.82) is 5.26 Å². The zero-order valence-electron chi connectivity index (χ0n) is 15.7. The first-order valence-electron chi connectivity index (χ1n) is 9.49. The molecule has 2 aliphatic heterocycles. The Bertz CT molecular complexity index is 1080. The second kappa shape index (κ2) is 6.60. The van der Waals surface area contributed by atoms with E-state index in [9.17, 15) is 0 Å². The Labute approximate surface area is 163 Å². The summed E-state index contributed by atoms with van der Waals surface area (Å²) in [6, 6.07) is 8.14. The molecule has 0 radical (unpaired) electrons. The molecule has 0 saturated carbocycles. The van der Waals surface area contributed by atoms with Crippen molar-refractivity contribution >= 4 is 17.3 Å². The van der Waals surface area contributed by atoms with Crippen molar-refractivity contribution < 1.29 is 0 Å². The fourth-order valence-corrected chi connectivity index (χ4v) is 4.07. The maximum atomic E-state index is 9.02. The van der Waals surface area contributed by atoms with E-state index in [2.05, 4.69) is 37.2 Å². The van der Waals surface area contributed by atoms with Crippen LogP contribution >= 0.6 is 0 Å². The highest BCUT2D eigenvalue weighted by Crippen LogP contribution is 2.31. The van der Waals surface area contributed by atoms with Crippen LogP contribution in [0.25, 0.3) is 0 Å². The fourth-order valence-electron chi connectivity index (χ4n) is 4.07. The average Bonchev–Trinajstić information content (AvgIpc) is 3.22. The van der Waals surface area contributed by atoms with Gasteiger partial charge in [-0.1, -0.05) is 0 Å². The first kappa shape index (κ1) is 16.7. The zero-order chi connectivity index (χ0) is 19.1. The van der Waals surface area contributed by atoms with Crippen molar-refractivity contribution in [3.05, 3.63) is 53.1 Å². The molecule has 28 heavy (non-hydrogen) atoms. The molecule has 0 amide bonds. The molecule has 0 fully saturated rings. The summed E-state index contributed by atoms with van der Waals surface area (Å²) in [5.74, 6) is 1.96. The Morgan fingerprint density at radius 3 is 2.93 bits per heavy atom. The predicted molar refractivity (Wildman–Crippen MR) is 104 cm³/mol. The summed E-state index contributed by atoms with van der Waals surface area (Å²) in [4.78, 5) is 9.26. The van der Waals surface area contributed by atoms with Crippen LogP contribution in [0.15, 0.2) is 30.6 Å². The van der Waals surface area contributed by atoms with Crippen LogP contribution in [0.4, 0.5) is 17.3 Å². The molecule has 0 spiro atoms. The second-order valence-electron chi connectivity index (χ2n) is 7.24. The highest BCUT2D eigenvalue weighted by molar-refractivity contribution is 5.62. The summed E-state index contributed by atoms with van der Waals surface area (Å²) in [6.45, 7) is 5.49. The van der Waals surface area contributed by atoms with Crippen LogP contribution in [-0.4, -0.2) is 38.1 Å². The summed E-state index contributed by atoms with van der Waals surface area (Å²) in [5.41, 5.74) is 4.78. The second-order valence-corrected chi connectivity index (χ2v) is 7.24. The fraction of sp³-hybridized carbons (Fsp3) is 0.350. The number of hydrogen-bond donors (Lipinski definition) is 0. The van der Waals surface area contributed by atoms with Gasteiger partial charge < -0.3 is 9.80 Å². The van der Waals surface area contributed by atoms with Crippen LogP contribution in [0.5, 0.6) is 0 Å². The van der Waals surface area contributed by atoms with Gasteiger partial charge in [-0.3, -0.25) is 4.98 Å². The molecule has 5 rings (SSSR count). The molecule has 2 aliphatic rings. The molecule has 3 aromatic heterocycles. The lowest BCUT2D eigenvalue weighted by atomic mass is 10.0. The third-order valence-electron chi connectivity index (χ3n) is 5.43. The van der Waals surface area contributed by atoms with Crippen LogP contribution in [-0.2, 0) is 19.5 Å². The molecule has 8 nitrogen and oxygen atoms in total. The first-order valence-corrected chi connectivity index (χ1v) is 9.49. The van der Waals surface area contributed by atoms with E-state index in [1.807, 2.05) is 30.1 Å². The minimum Gasteiger partial charge on any atom is -0.350 e. The Hall–Kier alpha value is -3.47. The van der Waals surface area contributed by atoms with E-state index < -0.39 is 0 Å². The zero-order valence-corrected chi connectivity index (χ0v) is 15.7. The Balaban J connectivity index is 1.45. The van der Waals surface area contributed by atoms with Crippen LogP contribution in [0, 0.1) is 18.3 Å². The monoisotopic (exact) mass is 372 g/mol. The number of fused-ring (bicyclic) bond motifs is 2. The molecule has 0 unspecified atom stereocenters. The van der Waals surface area contributed by atoms with Crippen molar-refractivity contribution in [3.63, 3.8) is 0 Å². The molecule has 0 saturated heterocycles. The van der Waals surface area contributed by atoms with Gasteiger partial charge in [-0.25, -0.2) is 4.68 Å². The van der Waals surface area contributed by atoms with Crippen molar-refractivity contribution in [3.8, 4) is 6.07 Å². The average molecular weight is 372 g/mol. The lowest BCUT2D eigenvalue weighted by molar-refractivity contribution is 0.541. The van der Waals surface area contributed by atoms with Gasteiger partial charge in [0.25, 0.3) is 0 Å². The molecule has 0 N–H and O–H groups in total. The molecule has 8 heteroatoms. The van der Waals surface area contributed by atoms with E-state index in [0.29, 0.717) is 5.69 Å². The lowest BCUT2D eigenvalue weighted by Gasteiger charge is -2.32. The van der Waals surface area contributed by atoms with E-state index >= 15 is 0 Å². The summed E-state index contributed by atoms with van der Waals surface area (Å²) in [7, 11) is 0. The molecular weight excluding hydrogens is 352 g/mol. The Morgan fingerprint density at radius 2 is 2.07 bits per heavy atom. The van der Waals surface area contributed by atoms with Gasteiger partial charge in [0, 0.05) is 44.4 Å². The number of aryl methyl sites for hydroxylation is 2.